The Labute approximate surface area is 154 Å². The molecule has 0 aliphatic heterocycles. The van der Waals surface area contributed by atoms with Gasteiger partial charge in [-0.15, -0.1) is 0 Å². The van der Waals surface area contributed by atoms with E-state index in [1.54, 1.807) is 19.2 Å². The molecule has 0 aliphatic rings. The maximum Gasteiger partial charge on any atom is 0.308 e. The second-order valence-corrected chi connectivity index (χ2v) is 6.71. The van der Waals surface area contributed by atoms with Crippen LogP contribution in [0, 0.1) is 0 Å². The van der Waals surface area contributed by atoms with E-state index in [-0.39, 0.29) is 5.97 Å². The number of ether oxygens (including phenoxy) is 1. The van der Waals surface area contributed by atoms with Crippen molar-refractivity contribution in [1.29, 1.82) is 0 Å². The summed E-state index contributed by atoms with van der Waals surface area (Å²) in [6.45, 7) is 1.95. The lowest BCUT2D eigenvalue weighted by Gasteiger charge is -2.04. The molecular formula is C18H16ClN3O2S. The molecule has 1 heterocycles. The fraction of sp³-hybridized carbons (Fsp3) is 0.167. The third-order valence-corrected chi connectivity index (χ3v) is 4.72. The smallest absolute Gasteiger partial charge is 0.308 e. The van der Waals surface area contributed by atoms with Crippen molar-refractivity contribution < 1.29 is 9.53 Å². The molecule has 0 fully saturated rings. The van der Waals surface area contributed by atoms with Crippen LogP contribution in [0.2, 0.25) is 5.02 Å². The Kier molecular flexibility index (Phi) is 5.31. The van der Waals surface area contributed by atoms with Crippen LogP contribution in [0.1, 0.15) is 12.5 Å². The molecule has 3 rings (SSSR count). The molecule has 0 bridgehead atoms. The van der Waals surface area contributed by atoms with Gasteiger partial charge in [-0.1, -0.05) is 47.2 Å². The number of nitrogens with zero attached hydrogens (tertiary/aromatic N) is 3. The highest BCUT2D eigenvalue weighted by atomic mass is 35.5. The van der Waals surface area contributed by atoms with Crippen LogP contribution in [0.4, 0.5) is 0 Å². The number of hydrogen-bond acceptors (Lipinski definition) is 5. The van der Waals surface area contributed by atoms with Crippen molar-refractivity contribution in [2.45, 2.75) is 13.5 Å². The van der Waals surface area contributed by atoms with Gasteiger partial charge in [-0.25, -0.2) is 4.68 Å². The largest absolute Gasteiger partial charge is 0.427 e. The second-order valence-electron chi connectivity index (χ2n) is 5.32. The number of aromatic nitrogens is 2. The van der Waals surface area contributed by atoms with Gasteiger partial charge in [0, 0.05) is 24.6 Å². The average molecular weight is 374 g/mol. The summed E-state index contributed by atoms with van der Waals surface area (Å²) < 4.78 is 6.90. The van der Waals surface area contributed by atoms with E-state index in [4.69, 9.17) is 16.3 Å². The first-order valence-electron chi connectivity index (χ1n) is 7.59. The summed E-state index contributed by atoms with van der Waals surface area (Å²) in [5.41, 5.74) is 2.00. The third-order valence-electron chi connectivity index (χ3n) is 3.40. The topological polar surface area (TPSA) is 56.5 Å². The zero-order valence-electron chi connectivity index (χ0n) is 13.8. The number of carbonyl (C=O) groups excluding carboxylic acids is 1. The fourth-order valence-corrected chi connectivity index (χ4v) is 3.37. The van der Waals surface area contributed by atoms with Gasteiger partial charge < -0.3 is 4.74 Å². The van der Waals surface area contributed by atoms with Crippen LogP contribution in [-0.2, 0) is 11.3 Å². The first kappa shape index (κ1) is 17.4. The van der Waals surface area contributed by atoms with Gasteiger partial charge in [0.25, 0.3) is 0 Å². The summed E-state index contributed by atoms with van der Waals surface area (Å²) in [6, 6.07) is 14.9. The Morgan fingerprint density at radius 2 is 2.04 bits per heavy atom. The number of carbonyl (C=O) groups is 1. The quantitative estimate of drug-likeness (QED) is 0.516. The Morgan fingerprint density at radius 3 is 2.68 bits per heavy atom. The highest BCUT2D eigenvalue weighted by molar-refractivity contribution is 7.12. The molecular weight excluding hydrogens is 358 g/mol. The van der Waals surface area contributed by atoms with E-state index in [0.717, 1.165) is 20.9 Å². The van der Waals surface area contributed by atoms with Gasteiger partial charge in [0.2, 0.25) is 4.80 Å². The number of hydrogen-bond donors (Lipinski definition) is 0. The monoisotopic (exact) mass is 373 g/mol. The SMILES string of the molecule is CN=c1sc(-c2cccc(Cl)c2)nn1Cc1ccc(OC(C)=O)cc1. The average Bonchev–Trinajstić information content (AvgIpc) is 2.99. The van der Waals surface area contributed by atoms with E-state index < -0.39 is 0 Å². The second kappa shape index (κ2) is 7.63. The van der Waals surface area contributed by atoms with Gasteiger partial charge in [0.15, 0.2) is 0 Å². The summed E-state index contributed by atoms with van der Waals surface area (Å²) in [7, 11) is 1.75. The van der Waals surface area contributed by atoms with Crippen molar-refractivity contribution in [2.24, 2.45) is 4.99 Å². The van der Waals surface area contributed by atoms with Crippen LogP contribution in [0.5, 0.6) is 5.75 Å². The van der Waals surface area contributed by atoms with Crippen LogP contribution in [-0.4, -0.2) is 22.8 Å². The number of benzene rings is 2. The normalized spacial score (nSPS) is 11.6. The minimum absolute atomic E-state index is 0.333. The molecule has 0 saturated carbocycles. The first-order valence-corrected chi connectivity index (χ1v) is 8.78. The van der Waals surface area contributed by atoms with E-state index in [1.165, 1.54) is 18.3 Å². The predicted molar refractivity (Wildman–Crippen MR) is 98.9 cm³/mol. The molecule has 0 unspecified atom stereocenters. The molecule has 0 radical (unpaired) electrons. The van der Waals surface area contributed by atoms with Gasteiger partial charge in [-0.05, 0) is 29.8 Å². The lowest BCUT2D eigenvalue weighted by atomic mass is 10.2. The van der Waals surface area contributed by atoms with Gasteiger partial charge in [-0.3, -0.25) is 9.79 Å². The van der Waals surface area contributed by atoms with E-state index in [2.05, 4.69) is 10.1 Å². The maximum absolute atomic E-state index is 11.0. The summed E-state index contributed by atoms with van der Waals surface area (Å²) in [6.07, 6.45) is 0. The lowest BCUT2D eigenvalue weighted by molar-refractivity contribution is -0.131. The highest BCUT2D eigenvalue weighted by Gasteiger charge is 2.08. The molecule has 3 aromatic rings. The summed E-state index contributed by atoms with van der Waals surface area (Å²) in [5, 5.41) is 6.19. The molecule has 25 heavy (non-hydrogen) atoms. The molecule has 0 spiro atoms. The van der Waals surface area contributed by atoms with Crippen molar-refractivity contribution in [3.05, 3.63) is 63.9 Å². The minimum atomic E-state index is -0.333. The minimum Gasteiger partial charge on any atom is -0.427 e. The Hall–Kier alpha value is -2.44. The van der Waals surface area contributed by atoms with Gasteiger partial charge in [0.05, 0.1) is 6.54 Å². The van der Waals surface area contributed by atoms with Crippen LogP contribution < -0.4 is 9.54 Å². The molecule has 0 atom stereocenters. The number of esters is 1. The van der Waals surface area contributed by atoms with Crippen LogP contribution in [0.3, 0.4) is 0 Å². The third kappa shape index (κ3) is 4.35. The predicted octanol–water partition coefficient (Wildman–Crippen LogP) is 3.77. The zero-order chi connectivity index (χ0) is 17.8. The molecule has 5 nitrogen and oxygen atoms in total. The van der Waals surface area contributed by atoms with E-state index in [9.17, 15) is 4.79 Å². The van der Waals surface area contributed by atoms with E-state index in [0.29, 0.717) is 17.3 Å². The molecule has 0 N–H and O–H groups in total. The highest BCUT2D eigenvalue weighted by Crippen LogP contribution is 2.23. The summed E-state index contributed by atoms with van der Waals surface area (Å²) in [4.78, 5) is 16.1. The fourth-order valence-electron chi connectivity index (χ4n) is 2.32. The molecule has 0 aliphatic carbocycles. The molecule has 0 saturated heterocycles. The van der Waals surface area contributed by atoms with E-state index in [1.807, 2.05) is 41.1 Å². The summed E-state index contributed by atoms with van der Waals surface area (Å²) in [5.74, 6) is 0.194. The van der Waals surface area contributed by atoms with Gasteiger partial charge >= 0.3 is 5.97 Å². The molecule has 7 heteroatoms. The molecule has 0 amide bonds. The number of rotatable bonds is 4. The molecule has 1 aromatic heterocycles. The van der Waals surface area contributed by atoms with Gasteiger partial charge in [-0.2, -0.15) is 5.10 Å². The Balaban J connectivity index is 1.86. The number of halogens is 1. The first-order chi connectivity index (χ1) is 12.0. The Morgan fingerprint density at radius 1 is 1.28 bits per heavy atom. The van der Waals surface area contributed by atoms with Crippen molar-refractivity contribution in [1.82, 2.24) is 9.78 Å². The molecule has 128 valence electrons. The van der Waals surface area contributed by atoms with Crippen molar-refractivity contribution in [2.75, 3.05) is 7.05 Å². The molecule has 2 aromatic carbocycles. The van der Waals surface area contributed by atoms with Crippen molar-refractivity contribution >= 4 is 28.9 Å². The van der Waals surface area contributed by atoms with Gasteiger partial charge in [0.1, 0.15) is 10.8 Å². The maximum atomic E-state index is 11.0. The van der Waals surface area contributed by atoms with Crippen molar-refractivity contribution in [3.8, 4) is 16.3 Å². The van der Waals surface area contributed by atoms with Crippen LogP contribution in [0.15, 0.2) is 53.5 Å². The zero-order valence-corrected chi connectivity index (χ0v) is 15.3. The van der Waals surface area contributed by atoms with Crippen LogP contribution >= 0.6 is 22.9 Å². The standard InChI is InChI=1S/C18H16ClN3O2S/c1-12(23)24-16-8-6-13(7-9-16)11-22-18(20-2)25-17(21-22)14-4-3-5-15(19)10-14/h3-10H,11H2,1-2H3. The van der Waals surface area contributed by atoms with Crippen LogP contribution in [0.25, 0.3) is 10.6 Å². The summed E-state index contributed by atoms with van der Waals surface area (Å²) >= 11 is 7.58. The van der Waals surface area contributed by atoms with E-state index >= 15 is 0 Å². The lowest BCUT2D eigenvalue weighted by Crippen LogP contribution is -2.17. The van der Waals surface area contributed by atoms with Crippen molar-refractivity contribution in [3.63, 3.8) is 0 Å². The Bertz CT molecular complexity index is 961.